The van der Waals surface area contributed by atoms with Gasteiger partial charge < -0.3 is 13.8 Å². The van der Waals surface area contributed by atoms with Crippen LogP contribution in [0.3, 0.4) is 0 Å². The number of ether oxygens (including phenoxy) is 1. The monoisotopic (exact) mass is 326 g/mol. The summed E-state index contributed by atoms with van der Waals surface area (Å²) in [5.41, 5.74) is 1.77. The molecule has 122 valence electrons. The summed E-state index contributed by atoms with van der Waals surface area (Å²) in [5.74, 6) is -0.686. The number of aryl methyl sites for hydroxylation is 1. The van der Waals surface area contributed by atoms with Crippen molar-refractivity contribution < 1.29 is 23.1 Å². The zero-order valence-electron chi connectivity index (χ0n) is 13.5. The third-order valence-corrected chi connectivity index (χ3v) is 4.82. The summed E-state index contributed by atoms with van der Waals surface area (Å²) in [6.45, 7) is 7.54. The summed E-state index contributed by atoms with van der Waals surface area (Å²) in [5, 5.41) is -0.0800. The lowest BCUT2D eigenvalue weighted by Crippen LogP contribution is -2.11. The van der Waals surface area contributed by atoms with Crippen LogP contribution < -0.4 is 0 Å². The number of esters is 1. The Morgan fingerprint density at radius 3 is 2.27 bits per heavy atom. The van der Waals surface area contributed by atoms with Crippen LogP contribution >= 0.6 is 7.60 Å². The fourth-order valence-corrected chi connectivity index (χ4v) is 3.52. The molecule has 0 unspecified atom stereocenters. The number of benzene rings is 1. The standard InChI is InChI=1S/C16H23O5P/c1-5-19-16(17)15(22(18,20-6-2)21-7-3)12-14-10-8-9-13(4)11-14/h8-12H,5-7H2,1-4H3/b15-12-. The number of rotatable bonds is 8. The minimum Gasteiger partial charge on any atom is -0.462 e. The SMILES string of the molecule is CCOC(=O)/C(=C/c1cccc(C)c1)P(=O)(OCC)OCC. The van der Waals surface area contributed by atoms with E-state index in [9.17, 15) is 9.36 Å². The third kappa shape index (κ3) is 5.09. The van der Waals surface area contributed by atoms with Crippen molar-refractivity contribution in [1.29, 1.82) is 0 Å². The summed E-state index contributed by atoms with van der Waals surface area (Å²) in [6.07, 6.45) is 1.51. The highest BCUT2D eigenvalue weighted by molar-refractivity contribution is 7.60. The molecule has 0 aliphatic heterocycles. The van der Waals surface area contributed by atoms with Crippen molar-refractivity contribution in [2.24, 2.45) is 0 Å². The maximum absolute atomic E-state index is 12.9. The van der Waals surface area contributed by atoms with Gasteiger partial charge in [0, 0.05) is 0 Å². The molecule has 0 amide bonds. The van der Waals surface area contributed by atoms with E-state index in [1.54, 1.807) is 20.8 Å². The minimum atomic E-state index is -3.71. The summed E-state index contributed by atoms with van der Waals surface area (Å²) < 4.78 is 28.4. The average Bonchev–Trinajstić information content (AvgIpc) is 2.45. The predicted molar refractivity (Wildman–Crippen MR) is 86.6 cm³/mol. The number of carbonyl (C=O) groups excluding carboxylic acids is 1. The normalized spacial score (nSPS) is 12.3. The van der Waals surface area contributed by atoms with Gasteiger partial charge in [0.15, 0.2) is 0 Å². The fraction of sp³-hybridized carbons (Fsp3) is 0.438. The summed E-state index contributed by atoms with van der Waals surface area (Å²) in [6, 6.07) is 7.48. The van der Waals surface area contributed by atoms with Crippen molar-refractivity contribution in [3.63, 3.8) is 0 Å². The van der Waals surface area contributed by atoms with Crippen molar-refractivity contribution in [3.05, 3.63) is 40.7 Å². The lowest BCUT2D eigenvalue weighted by Gasteiger charge is -2.19. The Kier molecular flexibility index (Phi) is 7.52. The first-order valence-electron chi connectivity index (χ1n) is 7.32. The van der Waals surface area contributed by atoms with Gasteiger partial charge in [-0.2, -0.15) is 0 Å². The van der Waals surface area contributed by atoms with Gasteiger partial charge in [0.2, 0.25) is 0 Å². The summed E-state index contributed by atoms with van der Waals surface area (Å²) in [7, 11) is -3.71. The van der Waals surface area contributed by atoms with Gasteiger partial charge in [-0.05, 0) is 39.3 Å². The zero-order valence-corrected chi connectivity index (χ0v) is 14.4. The van der Waals surface area contributed by atoms with Gasteiger partial charge in [0.05, 0.1) is 19.8 Å². The van der Waals surface area contributed by atoms with Crippen LogP contribution in [-0.4, -0.2) is 25.8 Å². The topological polar surface area (TPSA) is 61.8 Å². The Bertz CT molecular complexity index is 570. The van der Waals surface area contributed by atoms with E-state index >= 15 is 0 Å². The predicted octanol–water partition coefficient (Wildman–Crippen LogP) is 4.17. The molecule has 1 aromatic carbocycles. The fourth-order valence-electron chi connectivity index (χ4n) is 1.89. The van der Waals surface area contributed by atoms with Gasteiger partial charge in [-0.15, -0.1) is 0 Å². The first-order chi connectivity index (χ1) is 10.5. The molecule has 0 aliphatic rings. The molecule has 0 heterocycles. The smallest absolute Gasteiger partial charge is 0.368 e. The Balaban J connectivity index is 3.33. The molecule has 0 aliphatic carbocycles. The van der Waals surface area contributed by atoms with Crippen molar-refractivity contribution in [2.75, 3.05) is 19.8 Å². The highest BCUT2D eigenvalue weighted by Crippen LogP contribution is 2.57. The van der Waals surface area contributed by atoms with Crippen LogP contribution in [0.2, 0.25) is 0 Å². The summed E-state index contributed by atoms with van der Waals surface area (Å²) in [4.78, 5) is 12.2. The number of carbonyl (C=O) groups is 1. The van der Waals surface area contributed by atoms with E-state index in [0.29, 0.717) is 0 Å². The van der Waals surface area contributed by atoms with Crippen LogP contribution in [0, 0.1) is 6.92 Å². The Labute approximate surface area is 131 Å². The van der Waals surface area contributed by atoms with Crippen molar-refractivity contribution in [2.45, 2.75) is 27.7 Å². The maximum Gasteiger partial charge on any atom is 0.368 e. The second kappa shape index (κ2) is 8.89. The highest BCUT2D eigenvalue weighted by Gasteiger charge is 2.36. The minimum absolute atomic E-state index is 0.0800. The quantitative estimate of drug-likeness (QED) is 0.408. The summed E-state index contributed by atoms with van der Waals surface area (Å²) >= 11 is 0. The van der Waals surface area contributed by atoms with Crippen molar-refractivity contribution in [1.82, 2.24) is 0 Å². The molecule has 0 fully saturated rings. The van der Waals surface area contributed by atoms with Gasteiger partial charge in [0.1, 0.15) is 5.31 Å². The molecule has 22 heavy (non-hydrogen) atoms. The molecule has 6 heteroatoms. The number of hydrogen-bond donors (Lipinski definition) is 0. The molecule has 0 radical (unpaired) electrons. The van der Waals surface area contributed by atoms with Crippen LogP contribution in [0.25, 0.3) is 6.08 Å². The van der Waals surface area contributed by atoms with Gasteiger partial charge in [0.25, 0.3) is 0 Å². The molecule has 0 spiro atoms. The molecule has 0 atom stereocenters. The van der Waals surface area contributed by atoms with Crippen LogP contribution in [0.4, 0.5) is 0 Å². The highest BCUT2D eigenvalue weighted by atomic mass is 31.2. The molecule has 0 bridgehead atoms. The van der Waals surface area contributed by atoms with Gasteiger partial charge in [-0.3, -0.25) is 4.57 Å². The second-order valence-corrected chi connectivity index (χ2v) is 6.49. The zero-order chi connectivity index (χ0) is 16.6. The van der Waals surface area contributed by atoms with Gasteiger partial charge in [-0.1, -0.05) is 29.8 Å². The largest absolute Gasteiger partial charge is 0.462 e. The molecule has 0 aromatic heterocycles. The first-order valence-corrected chi connectivity index (χ1v) is 8.86. The Morgan fingerprint density at radius 2 is 1.77 bits per heavy atom. The first kappa shape index (κ1) is 18.6. The van der Waals surface area contributed by atoms with Crippen LogP contribution in [0.15, 0.2) is 29.6 Å². The molecule has 1 aromatic rings. The van der Waals surface area contributed by atoms with E-state index in [2.05, 4.69) is 0 Å². The average molecular weight is 326 g/mol. The van der Waals surface area contributed by atoms with Gasteiger partial charge >= 0.3 is 13.6 Å². The molecule has 1 rings (SSSR count). The van der Waals surface area contributed by atoms with E-state index in [4.69, 9.17) is 13.8 Å². The van der Waals surface area contributed by atoms with Crippen molar-refractivity contribution in [3.8, 4) is 0 Å². The van der Waals surface area contributed by atoms with Gasteiger partial charge in [-0.25, -0.2) is 4.79 Å². The lowest BCUT2D eigenvalue weighted by atomic mass is 10.1. The Hall–Kier alpha value is -1.42. The van der Waals surface area contributed by atoms with E-state index < -0.39 is 13.6 Å². The molecular weight excluding hydrogens is 303 g/mol. The maximum atomic E-state index is 12.9. The van der Waals surface area contributed by atoms with Crippen LogP contribution in [-0.2, 0) is 23.1 Å². The van der Waals surface area contributed by atoms with Crippen molar-refractivity contribution >= 4 is 19.6 Å². The van der Waals surface area contributed by atoms with E-state index in [1.165, 1.54) is 6.08 Å². The van der Waals surface area contributed by atoms with Crippen LogP contribution in [0.1, 0.15) is 31.9 Å². The molecule has 0 N–H and O–H groups in total. The third-order valence-electron chi connectivity index (χ3n) is 2.72. The molecule has 5 nitrogen and oxygen atoms in total. The van der Waals surface area contributed by atoms with Crippen LogP contribution in [0.5, 0.6) is 0 Å². The second-order valence-electron chi connectivity index (χ2n) is 4.50. The van der Waals surface area contributed by atoms with E-state index in [1.807, 2.05) is 31.2 Å². The number of hydrogen-bond acceptors (Lipinski definition) is 5. The molecule has 0 saturated heterocycles. The Morgan fingerprint density at radius 1 is 1.14 bits per heavy atom. The molecular formula is C16H23O5P. The molecule has 0 saturated carbocycles. The van der Waals surface area contributed by atoms with E-state index in [0.717, 1.165) is 11.1 Å². The lowest BCUT2D eigenvalue weighted by molar-refractivity contribution is -0.137. The van der Waals surface area contributed by atoms with E-state index in [-0.39, 0.29) is 25.1 Å².